The van der Waals surface area contributed by atoms with Crippen molar-refractivity contribution in [2.24, 2.45) is 0 Å². The quantitative estimate of drug-likeness (QED) is 0.615. The Morgan fingerprint density at radius 2 is 1.67 bits per heavy atom. The first-order valence-electron chi connectivity index (χ1n) is 11.8. The zero-order chi connectivity index (χ0) is 22.9. The van der Waals surface area contributed by atoms with Crippen LogP contribution in [0.5, 0.6) is 0 Å². The molecule has 172 valence electrons. The summed E-state index contributed by atoms with van der Waals surface area (Å²) in [5, 5.41) is 4.40. The number of carbonyl (C=O) groups is 2. The molecule has 2 aliphatic rings. The largest absolute Gasteiger partial charge is 0.378 e. The van der Waals surface area contributed by atoms with Crippen LogP contribution in [-0.2, 0) is 0 Å². The average molecular weight is 446 g/mol. The Morgan fingerprint density at radius 1 is 0.939 bits per heavy atom. The van der Waals surface area contributed by atoms with E-state index in [9.17, 15) is 9.59 Å². The number of likely N-dealkylation sites (tertiary alicyclic amines) is 2. The fourth-order valence-electron chi connectivity index (χ4n) is 5.02. The molecule has 7 nitrogen and oxygen atoms in total. The van der Waals surface area contributed by atoms with Gasteiger partial charge in [0.25, 0.3) is 11.8 Å². The van der Waals surface area contributed by atoms with Gasteiger partial charge in [-0.15, -0.1) is 0 Å². The first-order chi connectivity index (χ1) is 16.0. The molecule has 4 heterocycles. The first-order valence-corrected chi connectivity index (χ1v) is 11.8. The number of amides is 2. The van der Waals surface area contributed by atoms with Crippen molar-refractivity contribution in [3.8, 4) is 0 Å². The molecule has 1 aromatic carbocycles. The molecule has 2 amide bonds. The van der Waals surface area contributed by atoms with Gasteiger partial charge in [-0.25, -0.2) is 4.52 Å². The molecule has 0 N–H and O–H groups in total. The van der Waals surface area contributed by atoms with Crippen molar-refractivity contribution in [3.05, 3.63) is 65.5 Å². The van der Waals surface area contributed by atoms with Gasteiger partial charge in [-0.05, 0) is 67.5 Å². The van der Waals surface area contributed by atoms with Crippen LogP contribution in [0.15, 0.2) is 48.8 Å². The number of anilines is 1. The highest BCUT2D eigenvalue weighted by Gasteiger charge is 2.27. The number of hydrogen-bond acceptors (Lipinski definition) is 4. The van der Waals surface area contributed by atoms with Gasteiger partial charge in [0.15, 0.2) is 0 Å². The lowest BCUT2D eigenvalue weighted by atomic mass is 9.89. The molecule has 5 rings (SSSR count). The fraction of sp³-hybridized carbons (Fsp3) is 0.423. The topological polar surface area (TPSA) is 61.2 Å². The second-order valence-electron chi connectivity index (χ2n) is 9.36. The van der Waals surface area contributed by atoms with Gasteiger partial charge >= 0.3 is 0 Å². The molecule has 2 aliphatic heterocycles. The van der Waals surface area contributed by atoms with Crippen molar-refractivity contribution in [1.82, 2.24) is 19.4 Å². The normalized spacial score (nSPS) is 17.0. The summed E-state index contributed by atoms with van der Waals surface area (Å²) >= 11 is 0. The highest BCUT2D eigenvalue weighted by Crippen LogP contribution is 2.30. The Bertz CT molecular complexity index is 1170. The highest BCUT2D eigenvalue weighted by molar-refractivity contribution is 6.00. The molecule has 0 spiro atoms. The van der Waals surface area contributed by atoms with Crippen LogP contribution in [0.1, 0.15) is 57.9 Å². The van der Waals surface area contributed by atoms with E-state index in [1.54, 1.807) is 10.7 Å². The summed E-state index contributed by atoms with van der Waals surface area (Å²) in [6, 6.07) is 12.0. The van der Waals surface area contributed by atoms with E-state index in [4.69, 9.17) is 0 Å². The second kappa shape index (κ2) is 8.89. The van der Waals surface area contributed by atoms with Gasteiger partial charge in [-0.3, -0.25) is 9.59 Å². The van der Waals surface area contributed by atoms with Crippen LogP contribution < -0.4 is 4.90 Å². The smallest absolute Gasteiger partial charge is 0.257 e. The van der Waals surface area contributed by atoms with Crippen LogP contribution in [0.3, 0.4) is 0 Å². The Kier molecular flexibility index (Phi) is 5.79. The van der Waals surface area contributed by atoms with Crippen LogP contribution in [0.25, 0.3) is 5.52 Å². The van der Waals surface area contributed by atoms with Gasteiger partial charge in [-0.2, -0.15) is 5.10 Å². The van der Waals surface area contributed by atoms with Crippen molar-refractivity contribution >= 4 is 23.0 Å². The molecule has 0 aliphatic carbocycles. The van der Waals surface area contributed by atoms with Gasteiger partial charge in [0, 0.05) is 57.7 Å². The van der Waals surface area contributed by atoms with Crippen molar-refractivity contribution in [3.63, 3.8) is 0 Å². The third-order valence-electron chi connectivity index (χ3n) is 7.03. The number of benzene rings is 1. The summed E-state index contributed by atoms with van der Waals surface area (Å²) in [7, 11) is 3.97. The number of hydrogen-bond donors (Lipinski definition) is 0. The molecule has 3 aromatic rings. The molecule has 0 radical (unpaired) electrons. The number of pyridine rings is 1. The van der Waals surface area contributed by atoms with Gasteiger partial charge in [-0.1, -0.05) is 6.07 Å². The Morgan fingerprint density at radius 3 is 2.39 bits per heavy atom. The van der Waals surface area contributed by atoms with E-state index in [0.29, 0.717) is 11.5 Å². The SMILES string of the molecule is CN(C)c1cccc(C(=O)N2CCC(c3ccn4ncc(C(=O)N5CCCC5)c4c3)CC2)c1. The number of carbonyl (C=O) groups excluding carboxylic acids is 2. The number of fused-ring (bicyclic) bond motifs is 1. The molecule has 0 saturated carbocycles. The van der Waals surface area contributed by atoms with E-state index in [1.165, 1.54) is 5.56 Å². The summed E-state index contributed by atoms with van der Waals surface area (Å²) in [4.78, 5) is 31.9. The molecule has 2 saturated heterocycles. The molecule has 2 aromatic heterocycles. The van der Waals surface area contributed by atoms with Crippen LogP contribution >= 0.6 is 0 Å². The molecule has 0 bridgehead atoms. The summed E-state index contributed by atoms with van der Waals surface area (Å²) < 4.78 is 1.79. The van der Waals surface area contributed by atoms with Gasteiger partial charge in [0.2, 0.25) is 0 Å². The van der Waals surface area contributed by atoms with Crippen LogP contribution in [0, 0.1) is 0 Å². The minimum Gasteiger partial charge on any atom is -0.378 e. The molecular weight excluding hydrogens is 414 g/mol. The number of nitrogens with zero attached hydrogens (tertiary/aromatic N) is 5. The minimum atomic E-state index is 0.0834. The Hall–Kier alpha value is -3.35. The standard InChI is InChI=1S/C26H31N5O2/c1-28(2)22-7-5-6-21(16-22)25(32)30-13-8-19(9-14-30)20-10-15-31-24(17-20)23(18-27-31)26(33)29-11-3-4-12-29/h5-7,10,15-19H,3-4,8-9,11-14H2,1-2H3. The summed E-state index contributed by atoms with van der Waals surface area (Å²) in [5.74, 6) is 0.554. The molecule has 0 atom stereocenters. The lowest BCUT2D eigenvalue weighted by Gasteiger charge is -2.32. The zero-order valence-corrected chi connectivity index (χ0v) is 19.4. The molecule has 2 fully saturated rings. The van der Waals surface area contributed by atoms with Crippen molar-refractivity contribution in [2.45, 2.75) is 31.6 Å². The zero-order valence-electron chi connectivity index (χ0n) is 19.4. The molecule has 33 heavy (non-hydrogen) atoms. The Balaban J connectivity index is 1.29. The van der Waals surface area contributed by atoms with E-state index in [0.717, 1.165) is 68.6 Å². The fourth-order valence-corrected chi connectivity index (χ4v) is 5.02. The predicted molar refractivity (Wildman–Crippen MR) is 129 cm³/mol. The predicted octanol–water partition coefficient (Wildman–Crippen LogP) is 3.66. The molecular formula is C26H31N5O2. The van der Waals surface area contributed by atoms with Crippen LogP contribution in [-0.4, -0.2) is 71.5 Å². The third kappa shape index (κ3) is 4.19. The Labute approximate surface area is 194 Å². The van der Waals surface area contributed by atoms with Crippen LogP contribution in [0.2, 0.25) is 0 Å². The highest BCUT2D eigenvalue weighted by atomic mass is 16.2. The number of aromatic nitrogens is 2. The maximum absolute atomic E-state index is 13.1. The summed E-state index contributed by atoms with van der Waals surface area (Å²) in [6.45, 7) is 3.14. The van der Waals surface area contributed by atoms with E-state index in [2.05, 4.69) is 17.2 Å². The van der Waals surface area contributed by atoms with Gasteiger partial charge in [0.05, 0.1) is 17.3 Å². The lowest BCUT2D eigenvalue weighted by molar-refractivity contribution is 0.0712. The van der Waals surface area contributed by atoms with E-state index in [-0.39, 0.29) is 11.8 Å². The van der Waals surface area contributed by atoms with Crippen LogP contribution in [0.4, 0.5) is 5.69 Å². The number of rotatable bonds is 4. The van der Waals surface area contributed by atoms with Crippen molar-refractivity contribution in [2.75, 3.05) is 45.2 Å². The van der Waals surface area contributed by atoms with E-state index < -0.39 is 0 Å². The summed E-state index contributed by atoms with van der Waals surface area (Å²) in [6.07, 6.45) is 7.64. The third-order valence-corrected chi connectivity index (χ3v) is 7.03. The van der Waals surface area contributed by atoms with E-state index >= 15 is 0 Å². The monoisotopic (exact) mass is 445 g/mol. The summed E-state index contributed by atoms with van der Waals surface area (Å²) in [5.41, 5.74) is 4.56. The lowest BCUT2D eigenvalue weighted by Crippen LogP contribution is -2.38. The number of piperidine rings is 1. The van der Waals surface area contributed by atoms with Gasteiger partial charge in [0.1, 0.15) is 0 Å². The molecule has 7 heteroatoms. The average Bonchev–Trinajstić information content (AvgIpc) is 3.53. The maximum Gasteiger partial charge on any atom is 0.257 e. The van der Waals surface area contributed by atoms with Crippen molar-refractivity contribution < 1.29 is 9.59 Å². The maximum atomic E-state index is 13.1. The van der Waals surface area contributed by atoms with E-state index in [1.807, 2.05) is 59.3 Å². The molecule has 0 unspecified atom stereocenters. The van der Waals surface area contributed by atoms with Crippen molar-refractivity contribution in [1.29, 1.82) is 0 Å². The first kappa shape index (κ1) is 21.5. The second-order valence-corrected chi connectivity index (χ2v) is 9.36. The minimum absolute atomic E-state index is 0.0834. The van der Waals surface area contributed by atoms with Gasteiger partial charge < -0.3 is 14.7 Å².